The second-order valence-electron chi connectivity index (χ2n) is 8.51. The van der Waals surface area contributed by atoms with Crippen LogP contribution in [0, 0.1) is 6.92 Å². The predicted octanol–water partition coefficient (Wildman–Crippen LogP) is 2.42. The Hall–Kier alpha value is -2.50. The molecule has 0 aliphatic carbocycles. The molecular weight excluding hydrogens is 395 g/mol. The third-order valence-corrected chi connectivity index (χ3v) is 8.03. The van der Waals surface area contributed by atoms with Crippen molar-refractivity contribution in [3.05, 3.63) is 60.0 Å². The number of piperazine rings is 1. The first-order valence-electron chi connectivity index (χ1n) is 10.7. The second-order valence-corrected chi connectivity index (χ2v) is 9.93. The SMILES string of the molecule is Cc1cn2nc(C3=CC(=O)N4C=C(N5CCN6CCC[C@@H]6C5)C=CC4P3)cc2cn1. The van der Waals surface area contributed by atoms with Crippen LogP contribution in [0.25, 0.3) is 10.8 Å². The highest BCUT2D eigenvalue weighted by Crippen LogP contribution is 2.44. The monoisotopic (exact) mass is 420 g/mol. The molecule has 2 aromatic rings. The van der Waals surface area contributed by atoms with Gasteiger partial charge in [-0.2, -0.15) is 5.10 Å². The van der Waals surface area contributed by atoms with Crippen LogP contribution < -0.4 is 0 Å². The van der Waals surface area contributed by atoms with E-state index in [1.165, 1.54) is 25.1 Å². The van der Waals surface area contributed by atoms with Gasteiger partial charge in [-0.25, -0.2) is 4.52 Å². The number of hydrogen-bond donors (Lipinski definition) is 0. The predicted molar refractivity (Wildman–Crippen MR) is 118 cm³/mol. The number of allylic oxidation sites excluding steroid dienone is 1. The fourth-order valence-electron chi connectivity index (χ4n) is 4.94. The van der Waals surface area contributed by atoms with E-state index >= 15 is 0 Å². The van der Waals surface area contributed by atoms with E-state index in [-0.39, 0.29) is 11.7 Å². The maximum atomic E-state index is 13.0. The molecule has 6 rings (SSSR count). The van der Waals surface area contributed by atoms with Crippen LogP contribution in [-0.4, -0.2) is 73.2 Å². The number of aromatic nitrogens is 3. The summed E-state index contributed by atoms with van der Waals surface area (Å²) in [6.07, 6.45) is 14.6. The number of carbonyl (C=O) groups excluding carboxylic acids is 1. The summed E-state index contributed by atoms with van der Waals surface area (Å²) in [7, 11) is 0.479. The molecule has 4 aliphatic heterocycles. The largest absolute Gasteiger partial charge is 0.368 e. The zero-order valence-electron chi connectivity index (χ0n) is 17.0. The topological polar surface area (TPSA) is 57.0 Å². The normalized spacial score (nSPS) is 27.4. The lowest BCUT2D eigenvalue weighted by atomic mass is 10.1. The minimum absolute atomic E-state index is 0.0430. The summed E-state index contributed by atoms with van der Waals surface area (Å²) in [5.41, 5.74) is 3.91. The summed E-state index contributed by atoms with van der Waals surface area (Å²) < 4.78 is 1.84. The van der Waals surface area contributed by atoms with Crippen molar-refractivity contribution in [2.75, 3.05) is 26.2 Å². The van der Waals surface area contributed by atoms with Gasteiger partial charge in [0.25, 0.3) is 5.91 Å². The zero-order valence-corrected chi connectivity index (χ0v) is 18.0. The van der Waals surface area contributed by atoms with Gasteiger partial charge in [-0.05, 0) is 38.5 Å². The van der Waals surface area contributed by atoms with Gasteiger partial charge in [-0.15, -0.1) is 0 Å². The summed E-state index contributed by atoms with van der Waals surface area (Å²) in [5, 5.41) is 5.70. The summed E-state index contributed by atoms with van der Waals surface area (Å²) in [6.45, 7) is 6.43. The number of nitrogens with zero attached hydrogens (tertiary/aromatic N) is 6. The van der Waals surface area contributed by atoms with Crippen molar-refractivity contribution in [1.29, 1.82) is 0 Å². The average molecular weight is 420 g/mol. The lowest BCUT2D eigenvalue weighted by Gasteiger charge is -2.41. The first-order valence-corrected chi connectivity index (χ1v) is 11.7. The van der Waals surface area contributed by atoms with Gasteiger partial charge in [0, 0.05) is 43.3 Å². The highest BCUT2D eigenvalue weighted by molar-refractivity contribution is 7.51. The van der Waals surface area contributed by atoms with Crippen LogP contribution in [0.15, 0.2) is 48.6 Å². The summed E-state index contributed by atoms with van der Waals surface area (Å²) in [4.78, 5) is 24.3. The van der Waals surface area contributed by atoms with Crippen LogP contribution in [0.2, 0.25) is 0 Å². The molecule has 1 amide bonds. The molecule has 0 bridgehead atoms. The highest BCUT2D eigenvalue weighted by Gasteiger charge is 2.34. The number of amides is 1. The van der Waals surface area contributed by atoms with E-state index < -0.39 is 0 Å². The number of fused-ring (bicyclic) bond motifs is 3. The Kier molecular flexibility index (Phi) is 4.29. The van der Waals surface area contributed by atoms with E-state index in [1.807, 2.05) is 34.8 Å². The van der Waals surface area contributed by atoms with Gasteiger partial charge in [-0.1, -0.05) is 14.7 Å². The van der Waals surface area contributed by atoms with Crippen LogP contribution in [0.5, 0.6) is 0 Å². The van der Waals surface area contributed by atoms with E-state index in [2.05, 4.69) is 38.2 Å². The van der Waals surface area contributed by atoms with E-state index in [9.17, 15) is 4.79 Å². The minimum atomic E-state index is 0.0430. The van der Waals surface area contributed by atoms with E-state index in [4.69, 9.17) is 0 Å². The molecule has 7 nitrogen and oxygen atoms in total. The van der Waals surface area contributed by atoms with Crippen LogP contribution >= 0.6 is 8.58 Å². The highest BCUT2D eigenvalue weighted by atomic mass is 31.1. The summed E-state index contributed by atoms with van der Waals surface area (Å²) in [5.74, 6) is 0.125. The molecule has 0 radical (unpaired) electrons. The van der Waals surface area contributed by atoms with Crippen molar-refractivity contribution in [3.63, 3.8) is 0 Å². The lowest BCUT2D eigenvalue weighted by Crippen LogP contribution is -2.50. The van der Waals surface area contributed by atoms with Crippen LogP contribution in [0.3, 0.4) is 0 Å². The fourth-order valence-corrected chi connectivity index (χ4v) is 6.27. The third-order valence-electron chi connectivity index (χ3n) is 6.55. The van der Waals surface area contributed by atoms with Gasteiger partial charge in [0.2, 0.25) is 0 Å². The summed E-state index contributed by atoms with van der Waals surface area (Å²) >= 11 is 0. The van der Waals surface area contributed by atoms with Crippen LogP contribution in [-0.2, 0) is 4.79 Å². The van der Waals surface area contributed by atoms with Gasteiger partial charge >= 0.3 is 0 Å². The molecule has 2 saturated heterocycles. The van der Waals surface area contributed by atoms with Crippen molar-refractivity contribution in [3.8, 4) is 0 Å². The first kappa shape index (κ1) is 18.3. The van der Waals surface area contributed by atoms with Crippen molar-refractivity contribution < 1.29 is 4.79 Å². The first-order chi connectivity index (χ1) is 14.6. The Morgan fingerprint density at radius 1 is 1.23 bits per heavy atom. The second kappa shape index (κ2) is 7.03. The molecule has 6 heterocycles. The molecule has 30 heavy (non-hydrogen) atoms. The molecule has 0 N–H and O–H groups in total. The standard InChI is InChI=1S/C22H25N6OP/c1-15-12-28-18(11-23-15)9-19(24-28)20-10-21(29)27-14-17(4-5-22(27)30-20)26-8-7-25-6-2-3-16(25)13-26/h4-5,9-12,14,16,22,30H,2-3,6-8,13H2,1H3/t16-,22?/m1/s1. The Morgan fingerprint density at radius 2 is 2.17 bits per heavy atom. The molecule has 154 valence electrons. The maximum Gasteiger partial charge on any atom is 0.252 e. The number of aryl methyl sites for hydroxylation is 1. The molecular formula is C22H25N6OP. The van der Waals surface area contributed by atoms with E-state index in [1.54, 1.807) is 6.08 Å². The quantitative estimate of drug-likeness (QED) is 0.699. The molecule has 2 fully saturated rings. The Balaban J connectivity index is 1.24. The fraction of sp³-hybridized carbons (Fsp3) is 0.409. The molecule has 2 aromatic heterocycles. The number of rotatable bonds is 2. The smallest absolute Gasteiger partial charge is 0.252 e. The zero-order chi connectivity index (χ0) is 20.2. The van der Waals surface area contributed by atoms with Crippen LogP contribution in [0.1, 0.15) is 24.2 Å². The molecule has 0 aromatic carbocycles. The van der Waals surface area contributed by atoms with Gasteiger partial charge in [-0.3, -0.25) is 14.7 Å². The Labute approximate surface area is 177 Å². The van der Waals surface area contributed by atoms with E-state index in [0.29, 0.717) is 14.6 Å². The van der Waals surface area contributed by atoms with Crippen molar-refractivity contribution in [2.24, 2.45) is 0 Å². The maximum absolute atomic E-state index is 13.0. The molecule has 3 atom stereocenters. The molecule has 8 heteroatoms. The molecule has 4 aliphatic rings. The number of hydrogen-bond acceptors (Lipinski definition) is 5. The van der Waals surface area contributed by atoms with Gasteiger partial charge in [0.1, 0.15) is 0 Å². The molecule has 0 spiro atoms. The lowest BCUT2D eigenvalue weighted by molar-refractivity contribution is -0.123. The third kappa shape index (κ3) is 3.08. The van der Waals surface area contributed by atoms with Crippen molar-refractivity contribution in [2.45, 2.75) is 31.6 Å². The average Bonchev–Trinajstić information content (AvgIpc) is 3.39. The van der Waals surface area contributed by atoms with Gasteiger partial charge in [0.15, 0.2) is 0 Å². The molecule has 0 saturated carbocycles. The number of carbonyl (C=O) groups is 1. The van der Waals surface area contributed by atoms with Crippen molar-refractivity contribution >= 4 is 25.3 Å². The molecule has 2 unspecified atom stereocenters. The Morgan fingerprint density at radius 3 is 3.10 bits per heavy atom. The van der Waals surface area contributed by atoms with Gasteiger partial charge < -0.3 is 9.80 Å². The van der Waals surface area contributed by atoms with E-state index in [0.717, 1.165) is 41.9 Å². The van der Waals surface area contributed by atoms with Gasteiger partial charge in [0.05, 0.1) is 40.8 Å². The van der Waals surface area contributed by atoms with Crippen LogP contribution in [0.4, 0.5) is 0 Å². The Bertz CT molecular complexity index is 1120. The van der Waals surface area contributed by atoms with Crippen molar-refractivity contribution in [1.82, 2.24) is 29.3 Å². The summed E-state index contributed by atoms with van der Waals surface area (Å²) in [6, 6.07) is 2.69. The minimum Gasteiger partial charge on any atom is -0.368 e.